The van der Waals surface area contributed by atoms with Gasteiger partial charge in [-0.15, -0.1) is 0 Å². The first-order chi connectivity index (χ1) is 11.6. The highest BCUT2D eigenvalue weighted by Gasteiger charge is 2.28. The second-order valence-corrected chi connectivity index (χ2v) is 5.72. The Morgan fingerprint density at radius 2 is 2.17 bits per heavy atom. The van der Waals surface area contributed by atoms with Crippen LogP contribution in [0.3, 0.4) is 0 Å². The number of hydrogen-bond donors (Lipinski definition) is 0. The van der Waals surface area contributed by atoms with Gasteiger partial charge in [-0.3, -0.25) is 14.3 Å². The lowest BCUT2D eigenvalue weighted by atomic mass is 10.1. The van der Waals surface area contributed by atoms with Crippen molar-refractivity contribution < 1.29 is 13.9 Å². The molecule has 4 rings (SSSR count). The van der Waals surface area contributed by atoms with Crippen molar-refractivity contribution in [3.05, 3.63) is 52.1 Å². The zero-order chi connectivity index (χ0) is 16.8. The van der Waals surface area contributed by atoms with E-state index in [-0.39, 0.29) is 5.91 Å². The summed E-state index contributed by atoms with van der Waals surface area (Å²) in [7, 11) is 1.61. The molecule has 0 saturated heterocycles. The van der Waals surface area contributed by atoms with Crippen LogP contribution in [-0.2, 0) is 7.05 Å². The molecule has 0 N–H and O–H groups in total. The Morgan fingerprint density at radius 3 is 3.00 bits per heavy atom. The van der Waals surface area contributed by atoms with Crippen LogP contribution in [0.5, 0.6) is 5.88 Å². The zero-order valence-electron chi connectivity index (χ0n) is 13.3. The van der Waals surface area contributed by atoms with Gasteiger partial charge in [-0.1, -0.05) is 6.07 Å². The number of anilines is 1. The smallest absolute Gasteiger partial charge is 0.419 e. The predicted molar refractivity (Wildman–Crippen MR) is 87.6 cm³/mol. The van der Waals surface area contributed by atoms with E-state index in [1.165, 1.54) is 4.57 Å². The third kappa shape index (κ3) is 2.09. The van der Waals surface area contributed by atoms with Crippen LogP contribution in [-0.4, -0.2) is 28.6 Å². The molecule has 0 radical (unpaired) electrons. The Bertz CT molecular complexity index is 1020. The minimum absolute atomic E-state index is 0.244. The quantitative estimate of drug-likeness (QED) is 0.682. The largest absolute Gasteiger partial charge is 0.474 e. The second-order valence-electron chi connectivity index (χ2n) is 5.72. The molecule has 1 amide bonds. The number of aryl methyl sites for hydroxylation is 2. The number of nitrogens with zero attached hydrogens (tertiary/aromatic N) is 3. The fourth-order valence-electron chi connectivity index (χ4n) is 2.87. The Kier molecular flexibility index (Phi) is 3.16. The number of aromatic nitrogens is 2. The first kappa shape index (κ1) is 14.5. The Balaban J connectivity index is 1.85. The number of hydrogen-bond acceptors (Lipinski definition) is 5. The molecular formula is C17H15N3O4. The van der Waals surface area contributed by atoms with Gasteiger partial charge in [0, 0.05) is 13.2 Å². The summed E-state index contributed by atoms with van der Waals surface area (Å²) in [6.45, 7) is 2.68. The number of carbonyl (C=O) groups excluding carboxylic acids is 1. The molecule has 3 heterocycles. The molecule has 0 fully saturated rings. The highest BCUT2D eigenvalue weighted by molar-refractivity contribution is 6.12. The highest BCUT2D eigenvalue weighted by Crippen LogP contribution is 2.32. The summed E-state index contributed by atoms with van der Waals surface area (Å²) in [5, 5.41) is 0. The number of rotatable bonds is 1. The molecule has 122 valence electrons. The number of para-hydroxylation sites is 1. The summed E-state index contributed by atoms with van der Waals surface area (Å²) in [6.07, 6.45) is 1.70. The third-order valence-corrected chi connectivity index (χ3v) is 4.11. The minimum Gasteiger partial charge on any atom is -0.474 e. The van der Waals surface area contributed by atoms with Crippen LogP contribution in [0, 0.1) is 6.92 Å². The van der Waals surface area contributed by atoms with E-state index in [9.17, 15) is 9.59 Å². The van der Waals surface area contributed by atoms with Crippen LogP contribution >= 0.6 is 0 Å². The molecule has 0 unspecified atom stereocenters. The molecule has 0 aliphatic carbocycles. The molecule has 7 heteroatoms. The van der Waals surface area contributed by atoms with Gasteiger partial charge >= 0.3 is 5.76 Å². The van der Waals surface area contributed by atoms with E-state index in [1.54, 1.807) is 36.3 Å². The standard InChI is InChI=1S/C17H15N3O4/c1-10-8-13-15(18-9-10)23-7-6-20(13)16(21)11-4-3-5-12-14(11)24-17(22)19(12)2/h3-5,8-9H,6-7H2,1-2H3. The van der Waals surface area contributed by atoms with Crippen molar-refractivity contribution >= 4 is 22.7 Å². The monoisotopic (exact) mass is 325 g/mol. The van der Waals surface area contributed by atoms with Gasteiger partial charge in [0.25, 0.3) is 5.91 Å². The SMILES string of the molecule is Cc1cnc2c(c1)N(C(=O)c1cccc3c1oc(=O)n3C)CCO2. The van der Waals surface area contributed by atoms with Gasteiger partial charge in [0.15, 0.2) is 5.58 Å². The number of carbonyl (C=O) groups is 1. The van der Waals surface area contributed by atoms with Crippen molar-refractivity contribution in [3.8, 4) is 5.88 Å². The minimum atomic E-state index is -0.495. The molecule has 1 aromatic carbocycles. The number of pyridine rings is 1. The van der Waals surface area contributed by atoms with Crippen molar-refractivity contribution in [2.45, 2.75) is 6.92 Å². The Labute approximate surface area is 137 Å². The van der Waals surface area contributed by atoms with Gasteiger partial charge in [0.2, 0.25) is 5.88 Å². The Morgan fingerprint density at radius 1 is 1.33 bits per heavy atom. The lowest BCUT2D eigenvalue weighted by Gasteiger charge is -2.28. The number of oxazole rings is 1. The fraction of sp³-hybridized carbons (Fsp3) is 0.235. The van der Waals surface area contributed by atoms with Gasteiger partial charge in [0.1, 0.15) is 12.3 Å². The summed E-state index contributed by atoms with van der Waals surface area (Å²) in [4.78, 5) is 30.7. The normalized spacial score (nSPS) is 13.7. The summed E-state index contributed by atoms with van der Waals surface area (Å²) in [5.74, 6) is -0.307. The molecule has 3 aromatic rings. The van der Waals surface area contributed by atoms with Crippen LogP contribution < -0.4 is 15.4 Å². The topological polar surface area (TPSA) is 77.6 Å². The van der Waals surface area contributed by atoms with Crippen molar-refractivity contribution in [2.24, 2.45) is 7.05 Å². The molecule has 1 aliphatic rings. The first-order valence-corrected chi connectivity index (χ1v) is 7.56. The van der Waals surface area contributed by atoms with E-state index in [4.69, 9.17) is 9.15 Å². The van der Waals surface area contributed by atoms with E-state index < -0.39 is 5.76 Å². The van der Waals surface area contributed by atoms with E-state index in [2.05, 4.69) is 4.98 Å². The molecule has 7 nitrogen and oxygen atoms in total. The van der Waals surface area contributed by atoms with Crippen LogP contribution in [0.2, 0.25) is 0 Å². The van der Waals surface area contributed by atoms with E-state index in [1.807, 2.05) is 13.0 Å². The average molecular weight is 325 g/mol. The maximum atomic E-state index is 13.1. The summed E-state index contributed by atoms with van der Waals surface area (Å²) in [5.41, 5.74) is 2.79. The second kappa shape index (κ2) is 5.23. The van der Waals surface area contributed by atoms with Gasteiger partial charge < -0.3 is 9.15 Å². The molecule has 1 aliphatic heterocycles. The fourth-order valence-corrected chi connectivity index (χ4v) is 2.87. The number of fused-ring (bicyclic) bond motifs is 2. The molecule has 0 atom stereocenters. The predicted octanol–water partition coefficient (Wildman–Crippen LogP) is 1.87. The van der Waals surface area contributed by atoms with Crippen molar-refractivity contribution in [1.29, 1.82) is 0 Å². The van der Waals surface area contributed by atoms with Crippen LogP contribution in [0.1, 0.15) is 15.9 Å². The van der Waals surface area contributed by atoms with E-state index in [0.29, 0.717) is 41.4 Å². The number of ether oxygens (including phenoxy) is 1. The first-order valence-electron chi connectivity index (χ1n) is 7.56. The van der Waals surface area contributed by atoms with Gasteiger partial charge in [-0.25, -0.2) is 9.78 Å². The van der Waals surface area contributed by atoms with E-state index in [0.717, 1.165) is 5.56 Å². The molecular weight excluding hydrogens is 310 g/mol. The van der Waals surface area contributed by atoms with Crippen LogP contribution in [0.25, 0.3) is 11.1 Å². The summed E-state index contributed by atoms with van der Waals surface area (Å²) < 4.78 is 12.2. The lowest BCUT2D eigenvalue weighted by molar-refractivity contribution is 0.0976. The van der Waals surface area contributed by atoms with Crippen molar-refractivity contribution in [1.82, 2.24) is 9.55 Å². The maximum Gasteiger partial charge on any atom is 0.419 e. The lowest BCUT2D eigenvalue weighted by Crippen LogP contribution is -2.38. The van der Waals surface area contributed by atoms with E-state index >= 15 is 0 Å². The highest BCUT2D eigenvalue weighted by atomic mass is 16.5. The van der Waals surface area contributed by atoms with Crippen molar-refractivity contribution in [2.75, 3.05) is 18.1 Å². The number of amides is 1. The average Bonchev–Trinajstić information content (AvgIpc) is 2.88. The third-order valence-electron chi connectivity index (χ3n) is 4.11. The van der Waals surface area contributed by atoms with Gasteiger partial charge in [-0.2, -0.15) is 0 Å². The molecule has 0 spiro atoms. The van der Waals surface area contributed by atoms with Crippen LogP contribution in [0.4, 0.5) is 5.69 Å². The van der Waals surface area contributed by atoms with Crippen LogP contribution in [0.15, 0.2) is 39.7 Å². The molecule has 0 saturated carbocycles. The summed E-state index contributed by atoms with van der Waals surface area (Å²) >= 11 is 0. The van der Waals surface area contributed by atoms with Crippen molar-refractivity contribution in [3.63, 3.8) is 0 Å². The number of benzene rings is 1. The maximum absolute atomic E-state index is 13.1. The summed E-state index contributed by atoms with van der Waals surface area (Å²) in [6, 6.07) is 7.00. The Hall–Kier alpha value is -3.09. The molecule has 2 aromatic heterocycles. The van der Waals surface area contributed by atoms with Gasteiger partial charge in [-0.05, 0) is 30.7 Å². The zero-order valence-corrected chi connectivity index (χ0v) is 13.3. The molecule has 0 bridgehead atoms. The van der Waals surface area contributed by atoms with Gasteiger partial charge in [0.05, 0.1) is 17.6 Å². The molecule has 24 heavy (non-hydrogen) atoms.